The molecule has 0 aliphatic heterocycles. The van der Waals surface area contributed by atoms with Gasteiger partial charge in [0.05, 0.1) is 18.3 Å². The third kappa shape index (κ3) is 7.58. The van der Waals surface area contributed by atoms with Crippen molar-refractivity contribution in [3.05, 3.63) is 18.2 Å². The van der Waals surface area contributed by atoms with E-state index in [4.69, 9.17) is 4.74 Å². The Hall–Kier alpha value is -1.85. The summed E-state index contributed by atoms with van der Waals surface area (Å²) < 4.78 is 7.45. The van der Waals surface area contributed by atoms with Crippen LogP contribution in [-0.2, 0) is 27.8 Å². The largest absolute Gasteiger partial charge is 0.465 e. The van der Waals surface area contributed by atoms with Crippen molar-refractivity contribution in [3.63, 3.8) is 0 Å². The third-order valence-electron chi connectivity index (χ3n) is 4.13. The molecular weight excluding hydrogens is 330 g/mol. The number of amides is 1. The minimum absolute atomic E-state index is 0.0129. The molecule has 1 aromatic heterocycles. The van der Waals surface area contributed by atoms with Crippen LogP contribution in [0.3, 0.4) is 0 Å². The Morgan fingerprint density at radius 1 is 1.27 bits per heavy atom. The van der Waals surface area contributed by atoms with E-state index in [2.05, 4.69) is 10.3 Å². The fourth-order valence-electron chi connectivity index (χ4n) is 2.60. The minimum atomic E-state index is -0.551. The SMILES string of the molecule is CC.CCNC(=O)C(CC)[C@H](COC(=O)C(C)(C)C)Cc1cncn1C. The number of aryl methyl sites for hydroxylation is 1. The number of nitrogens with zero attached hydrogens (tertiary/aromatic N) is 2. The zero-order valence-electron chi connectivity index (χ0n) is 17.8. The summed E-state index contributed by atoms with van der Waals surface area (Å²) in [6, 6.07) is 0. The molecule has 0 radical (unpaired) electrons. The van der Waals surface area contributed by atoms with Gasteiger partial charge >= 0.3 is 5.97 Å². The van der Waals surface area contributed by atoms with Crippen molar-refractivity contribution in [1.82, 2.24) is 14.9 Å². The molecule has 1 N–H and O–H groups in total. The quantitative estimate of drug-likeness (QED) is 0.715. The van der Waals surface area contributed by atoms with Crippen LogP contribution in [0.5, 0.6) is 0 Å². The lowest BCUT2D eigenvalue weighted by molar-refractivity contribution is -0.155. The Morgan fingerprint density at radius 2 is 1.88 bits per heavy atom. The predicted molar refractivity (Wildman–Crippen MR) is 105 cm³/mol. The molecule has 0 fully saturated rings. The van der Waals surface area contributed by atoms with Gasteiger partial charge in [-0.1, -0.05) is 20.8 Å². The topological polar surface area (TPSA) is 73.2 Å². The minimum Gasteiger partial charge on any atom is -0.465 e. The summed E-state index contributed by atoms with van der Waals surface area (Å²) in [6.07, 6.45) is 4.87. The van der Waals surface area contributed by atoms with Crippen LogP contribution in [0.25, 0.3) is 0 Å². The number of aromatic nitrogens is 2. The Morgan fingerprint density at radius 3 is 2.31 bits per heavy atom. The highest BCUT2D eigenvalue weighted by molar-refractivity contribution is 5.79. The van der Waals surface area contributed by atoms with Gasteiger partial charge in [-0.3, -0.25) is 9.59 Å². The molecule has 0 saturated heterocycles. The van der Waals surface area contributed by atoms with Gasteiger partial charge in [0.2, 0.25) is 5.91 Å². The molecule has 0 saturated carbocycles. The normalized spacial score (nSPS) is 13.2. The molecule has 2 atom stereocenters. The first-order valence-electron chi connectivity index (χ1n) is 9.60. The fourth-order valence-corrected chi connectivity index (χ4v) is 2.60. The summed E-state index contributed by atoms with van der Waals surface area (Å²) in [6.45, 7) is 14.2. The average Bonchev–Trinajstić information content (AvgIpc) is 2.99. The van der Waals surface area contributed by atoms with Gasteiger partial charge in [0, 0.05) is 37.3 Å². The van der Waals surface area contributed by atoms with E-state index in [0.29, 0.717) is 19.4 Å². The lowest BCUT2D eigenvalue weighted by atomic mass is 9.86. The summed E-state index contributed by atoms with van der Waals surface area (Å²) in [5.74, 6) is -0.516. The molecule has 0 aliphatic rings. The maximum absolute atomic E-state index is 12.4. The Kier molecular flexibility index (Phi) is 10.9. The summed E-state index contributed by atoms with van der Waals surface area (Å²) in [5, 5.41) is 2.89. The molecule has 150 valence electrons. The predicted octanol–water partition coefficient (Wildman–Crippen LogP) is 3.36. The molecule has 1 heterocycles. The van der Waals surface area contributed by atoms with Crippen LogP contribution in [0.1, 0.15) is 60.6 Å². The van der Waals surface area contributed by atoms with Crippen molar-refractivity contribution >= 4 is 11.9 Å². The standard InChI is InChI=1S/C18H31N3O3.C2H6/c1-7-15(16(22)20-8-2)13(9-14-10-19-12-21(14)6)11-24-17(23)18(3,4)5;1-2/h10,12-13,15H,7-9,11H2,1-6H3,(H,20,22);1-2H3/t13-,15?;/m0./s1. The van der Waals surface area contributed by atoms with Gasteiger partial charge in [-0.2, -0.15) is 0 Å². The van der Waals surface area contributed by atoms with E-state index in [9.17, 15) is 9.59 Å². The monoisotopic (exact) mass is 367 g/mol. The summed E-state index contributed by atoms with van der Waals surface area (Å²) >= 11 is 0. The second kappa shape index (κ2) is 11.7. The second-order valence-electron chi connectivity index (χ2n) is 7.22. The summed E-state index contributed by atoms with van der Waals surface area (Å²) in [5.41, 5.74) is 0.472. The number of hydrogen-bond donors (Lipinski definition) is 1. The van der Waals surface area contributed by atoms with E-state index in [1.165, 1.54) is 0 Å². The van der Waals surface area contributed by atoms with Gasteiger partial charge in [-0.25, -0.2) is 4.98 Å². The Labute approximate surface area is 158 Å². The fraction of sp³-hybridized carbons (Fsp3) is 0.750. The van der Waals surface area contributed by atoms with Gasteiger partial charge in [-0.15, -0.1) is 0 Å². The maximum atomic E-state index is 12.4. The molecule has 1 aromatic rings. The van der Waals surface area contributed by atoms with E-state index in [0.717, 1.165) is 5.69 Å². The molecule has 1 rings (SSSR count). The highest BCUT2D eigenvalue weighted by Gasteiger charge is 2.30. The van der Waals surface area contributed by atoms with Crippen LogP contribution >= 0.6 is 0 Å². The van der Waals surface area contributed by atoms with Crippen LogP contribution in [0.4, 0.5) is 0 Å². The highest BCUT2D eigenvalue weighted by atomic mass is 16.5. The smallest absolute Gasteiger partial charge is 0.311 e. The number of rotatable bonds is 8. The number of ether oxygens (including phenoxy) is 1. The van der Waals surface area contributed by atoms with Gasteiger partial charge < -0.3 is 14.6 Å². The van der Waals surface area contributed by atoms with Crippen LogP contribution in [0, 0.1) is 17.3 Å². The van der Waals surface area contributed by atoms with Crippen molar-refractivity contribution in [2.24, 2.45) is 24.3 Å². The zero-order chi connectivity index (χ0) is 20.3. The molecule has 0 bridgehead atoms. The lowest BCUT2D eigenvalue weighted by Crippen LogP contribution is -2.38. The molecule has 1 amide bonds. The van der Waals surface area contributed by atoms with Crippen molar-refractivity contribution in [1.29, 1.82) is 0 Å². The van der Waals surface area contributed by atoms with E-state index in [1.807, 2.05) is 60.1 Å². The van der Waals surface area contributed by atoms with Crippen LogP contribution in [0.15, 0.2) is 12.5 Å². The van der Waals surface area contributed by atoms with Crippen molar-refractivity contribution in [2.45, 2.75) is 61.3 Å². The maximum Gasteiger partial charge on any atom is 0.311 e. The Balaban J connectivity index is 0.00000301. The first-order valence-corrected chi connectivity index (χ1v) is 9.60. The van der Waals surface area contributed by atoms with Gasteiger partial charge in [-0.05, 0) is 40.5 Å². The lowest BCUT2D eigenvalue weighted by Gasteiger charge is -2.27. The van der Waals surface area contributed by atoms with E-state index < -0.39 is 5.41 Å². The molecule has 26 heavy (non-hydrogen) atoms. The number of carbonyl (C=O) groups is 2. The molecule has 0 aromatic carbocycles. The molecule has 6 heteroatoms. The van der Waals surface area contributed by atoms with Crippen LogP contribution < -0.4 is 5.32 Å². The van der Waals surface area contributed by atoms with Crippen molar-refractivity contribution in [3.8, 4) is 0 Å². The van der Waals surface area contributed by atoms with Crippen molar-refractivity contribution < 1.29 is 14.3 Å². The molecule has 6 nitrogen and oxygen atoms in total. The third-order valence-corrected chi connectivity index (χ3v) is 4.13. The summed E-state index contributed by atoms with van der Waals surface area (Å²) in [4.78, 5) is 28.6. The van der Waals surface area contributed by atoms with Crippen LogP contribution in [-0.4, -0.2) is 34.6 Å². The van der Waals surface area contributed by atoms with Crippen molar-refractivity contribution in [2.75, 3.05) is 13.2 Å². The molecule has 0 spiro atoms. The van der Waals surface area contributed by atoms with E-state index >= 15 is 0 Å². The first-order chi connectivity index (χ1) is 12.2. The Bertz CT molecular complexity index is 547. The highest BCUT2D eigenvalue weighted by Crippen LogP contribution is 2.23. The molecule has 1 unspecified atom stereocenters. The van der Waals surface area contributed by atoms with Crippen LogP contribution in [0.2, 0.25) is 0 Å². The van der Waals surface area contributed by atoms with Gasteiger partial charge in [0.25, 0.3) is 0 Å². The van der Waals surface area contributed by atoms with E-state index in [-0.39, 0.29) is 30.3 Å². The first kappa shape index (κ1) is 24.1. The van der Waals surface area contributed by atoms with Gasteiger partial charge in [0.15, 0.2) is 0 Å². The number of imidazole rings is 1. The molecule has 0 aliphatic carbocycles. The zero-order valence-corrected chi connectivity index (χ0v) is 17.8. The summed E-state index contributed by atoms with van der Waals surface area (Å²) in [7, 11) is 1.92. The number of nitrogens with one attached hydrogen (secondary N) is 1. The number of esters is 1. The van der Waals surface area contributed by atoms with Gasteiger partial charge in [0.1, 0.15) is 0 Å². The average molecular weight is 368 g/mol. The van der Waals surface area contributed by atoms with E-state index in [1.54, 1.807) is 12.5 Å². The second-order valence-corrected chi connectivity index (χ2v) is 7.22. The number of hydrogen-bond acceptors (Lipinski definition) is 4. The number of carbonyl (C=O) groups excluding carboxylic acids is 2. The molecular formula is C20H37N3O3.